The topological polar surface area (TPSA) is 35.2 Å². The van der Waals surface area contributed by atoms with Crippen LogP contribution in [0.1, 0.15) is 11.1 Å². The summed E-state index contributed by atoms with van der Waals surface area (Å²) >= 11 is 11.9. The van der Waals surface area contributed by atoms with E-state index in [9.17, 15) is 4.39 Å². The van der Waals surface area contributed by atoms with Crippen molar-refractivity contribution in [1.29, 1.82) is 0 Å². The molecule has 2 aromatic carbocycles. The van der Waals surface area contributed by atoms with Gasteiger partial charge in [-0.3, -0.25) is 0 Å². The third-order valence-electron chi connectivity index (χ3n) is 2.62. The fourth-order valence-corrected chi connectivity index (χ4v) is 1.96. The summed E-state index contributed by atoms with van der Waals surface area (Å²) in [4.78, 5) is 0. The lowest BCUT2D eigenvalue weighted by molar-refractivity contribution is 0.290. The largest absolute Gasteiger partial charge is 0.486 e. The van der Waals surface area contributed by atoms with Gasteiger partial charge in [0, 0.05) is 22.2 Å². The molecule has 0 aliphatic carbocycles. The summed E-state index contributed by atoms with van der Waals surface area (Å²) in [6, 6.07) is 9.68. The highest BCUT2D eigenvalue weighted by molar-refractivity contribution is 6.33. The maximum Gasteiger partial charge on any atom is 0.165 e. The van der Waals surface area contributed by atoms with E-state index in [4.69, 9.17) is 33.7 Å². The molecule has 0 aliphatic heterocycles. The lowest BCUT2D eigenvalue weighted by atomic mass is 10.2. The van der Waals surface area contributed by atoms with Crippen molar-refractivity contribution in [2.45, 2.75) is 13.2 Å². The predicted octanol–water partition coefficient (Wildman–Crippen LogP) is 4.17. The molecule has 2 aromatic rings. The van der Waals surface area contributed by atoms with Crippen LogP contribution in [0.15, 0.2) is 36.4 Å². The van der Waals surface area contributed by atoms with Crippen LogP contribution in [0, 0.1) is 5.82 Å². The van der Waals surface area contributed by atoms with E-state index in [-0.39, 0.29) is 18.9 Å². The second kappa shape index (κ2) is 6.24. The smallest absolute Gasteiger partial charge is 0.165 e. The Bertz CT molecular complexity index is 590. The molecule has 0 heterocycles. The first-order valence-electron chi connectivity index (χ1n) is 5.65. The molecule has 19 heavy (non-hydrogen) atoms. The van der Waals surface area contributed by atoms with Crippen LogP contribution in [-0.2, 0) is 13.2 Å². The van der Waals surface area contributed by atoms with Gasteiger partial charge < -0.3 is 10.5 Å². The number of nitrogens with two attached hydrogens (primary N) is 1. The standard InChI is InChI=1S/C14H12Cl2FNO/c15-11-2-3-12(16)10(6-11)8-19-14-4-1-9(7-18)5-13(14)17/h1-6H,7-8,18H2. The SMILES string of the molecule is NCc1ccc(OCc2cc(Cl)ccc2Cl)c(F)c1. The van der Waals surface area contributed by atoms with Crippen molar-refractivity contribution in [3.05, 3.63) is 63.4 Å². The zero-order valence-electron chi connectivity index (χ0n) is 10.00. The average Bonchev–Trinajstić information content (AvgIpc) is 2.40. The molecule has 0 saturated heterocycles. The number of halogens is 3. The van der Waals surface area contributed by atoms with Crippen LogP contribution in [-0.4, -0.2) is 0 Å². The van der Waals surface area contributed by atoms with E-state index in [1.165, 1.54) is 6.07 Å². The highest BCUT2D eigenvalue weighted by atomic mass is 35.5. The van der Waals surface area contributed by atoms with Gasteiger partial charge in [-0.2, -0.15) is 0 Å². The molecule has 100 valence electrons. The Hall–Kier alpha value is -1.29. The molecule has 0 saturated carbocycles. The Balaban J connectivity index is 2.12. The van der Waals surface area contributed by atoms with E-state index in [0.29, 0.717) is 21.2 Å². The molecule has 0 aliphatic rings. The van der Waals surface area contributed by atoms with E-state index in [2.05, 4.69) is 0 Å². The van der Waals surface area contributed by atoms with Gasteiger partial charge in [0.05, 0.1) is 0 Å². The number of hydrogen-bond donors (Lipinski definition) is 1. The molecule has 0 unspecified atom stereocenters. The minimum Gasteiger partial charge on any atom is -0.486 e. The average molecular weight is 300 g/mol. The van der Waals surface area contributed by atoms with Gasteiger partial charge in [-0.05, 0) is 35.9 Å². The van der Waals surface area contributed by atoms with Crippen LogP contribution in [0.5, 0.6) is 5.75 Å². The summed E-state index contributed by atoms with van der Waals surface area (Å²) in [5, 5.41) is 1.09. The molecule has 0 fully saturated rings. The maximum atomic E-state index is 13.7. The Morgan fingerprint density at radius 2 is 1.89 bits per heavy atom. The van der Waals surface area contributed by atoms with Crippen molar-refractivity contribution in [3.8, 4) is 5.75 Å². The molecule has 2 rings (SSSR count). The molecule has 0 bridgehead atoms. The Morgan fingerprint density at radius 1 is 1.11 bits per heavy atom. The van der Waals surface area contributed by atoms with Crippen molar-refractivity contribution in [2.75, 3.05) is 0 Å². The van der Waals surface area contributed by atoms with Gasteiger partial charge in [-0.1, -0.05) is 29.3 Å². The van der Waals surface area contributed by atoms with Gasteiger partial charge in [-0.25, -0.2) is 4.39 Å². The van der Waals surface area contributed by atoms with Crippen LogP contribution in [0.3, 0.4) is 0 Å². The first kappa shape index (κ1) is 14.1. The molecule has 0 aromatic heterocycles. The second-order valence-electron chi connectivity index (χ2n) is 3.99. The first-order valence-corrected chi connectivity index (χ1v) is 6.41. The zero-order valence-corrected chi connectivity index (χ0v) is 11.5. The Morgan fingerprint density at radius 3 is 2.58 bits per heavy atom. The highest BCUT2D eigenvalue weighted by Crippen LogP contribution is 2.24. The fourth-order valence-electron chi connectivity index (χ4n) is 1.60. The van der Waals surface area contributed by atoms with Crippen molar-refractivity contribution < 1.29 is 9.13 Å². The number of rotatable bonds is 4. The molecule has 0 amide bonds. The fraction of sp³-hybridized carbons (Fsp3) is 0.143. The zero-order chi connectivity index (χ0) is 13.8. The minimum absolute atomic E-state index is 0.151. The van der Waals surface area contributed by atoms with Crippen LogP contribution >= 0.6 is 23.2 Å². The summed E-state index contributed by atoms with van der Waals surface area (Å²) < 4.78 is 19.1. The number of benzene rings is 2. The number of hydrogen-bond acceptors (Lipinski definition) is 2. The summed E-state index contributed by atoms with van der Waals surface area (Å²) in [5.74, 6) is -0.283. The van der Waals surface area contributed by atoms with Crippen molar-refractivity contribution >= 4 is 23.2 Å². The maximum absolute atomic E-state index is 13.7. The van der Waals surface area contributed by atoms with E-state index in [1.54, 1.807) is 30.3 Å². The normalized spacial score (nSPS) is 10.5. The van der Waals surface area contributed by atoms with Crippen LogP contribution in [0.4, 0.5) is 4.39 Å². The van der Waals surface area contributed by atoms with E-state index < -0.39 is 5.82 Å². The molecule has 0 atom stereocenters. The van der Waals surface area contributed by atoms with E-state index >= 15 is 0 Å². The summed E-state index contributed by atoms with van der Waals surface area (Å²) in [7, 11) is 0. The summed E-state index contributed by atoms with van der Waals surface area (Å²) in [6.07, 6.45) is 0. The van der Waals surface area contributed by atoms with Crippen LogP contribution in [0.25, 0.3) is 0 Å². The van der Waals surface area contributed by atoms with E-state index in [0.717, 1.165) is 0 Å². The number of ether oxygens (including phenoxy) is 1. The monoisotopic (exact) mass is 299 g/mol. The third-order valence-corrected chi connectivity index (χ3v) is 3.23. The van der Waals surface area contributed by atoms with Gasteiger partial charge in [-0.15, -0.1) is 0 Å². The molecular formula is C14H12Cl2FNO. The molecule has 0 spiro atoms. The second-order valence-corrected chi connectivity index (χ2v) is 4.84. The van der Waals surface area contributed by atoms with E-state index in [1.807, 2.05) is 0 Å². The van der Waals surface area contributed by atoms with Gasteiger partial charge >= 0.3 is 0 Å². The lowest BCUT2D eigenvalue weighted by Gasteiger charge is -2.09. The third kappa shape index (κ3) is 3.60. The molecule has 0 radical (unpaired) electrons. The van der Waals surface area contributed by atoms with Crippen LogP contribution < -0.4 is 10.5 Å². The highest BCUT2D eigenvalue weighted by Gasteiger charge is 2.07. The van der Waals surface area contributed by atoms with Gasteiger partial charge in [0.25, 0.3) is 0 Å². The molecule has 5 heteroatoms. The van der Waals surface area contributed by atoms with Crippen molar-refractivity contribution in [3.63, 3.8) is 0 Å². The van der Waals surface area contributed by atoms with Crippen molar-refractivity contribution in [2.24, 2.45) is 5.73 Å². The van der Waals surface area contributed by atoms with Gasteiger partial charge in [0.2, 0.25) is 0 Å². The Kier molecular flexibility index (Phi) is 4.64. The molecule has 2 N–H and O–H groups in total. The first-order chi connectivity index (χ1) is 9.10. The summed E-state index contributed by atoms with van der Waals surface area (Å²) in [5.41, 5.74) is 6.85. The van der Waals surface area contributed by atoms with Gasteiger partial charge in [0.1, 0.15) is 6.61 Å². The lowest BCUT2D eigenvalue weighted by Crippen LogP contribution is -2.01. The molecular weight excluding hydrogens is 288 g/mol. The summed E-state index contributed by atoms with van der Waals surface area (Å²) in [6.45, 7) is 0.440. The van der Waals surface area contributed by atoms with Gasteiger partial charge in [0.15, 0.2) is 11.6 Å². The van der Waals surface area contributed by atoms with Crippen LogP contribution in [0.2, 0.25) is 10.0 Å². The molecule has 2 nitrogen and oxygen atoms in total. The predicted molar refractivity (Wildman–Crippen MR) is 75.1 cm³/mol. The Labute approximate surface area is 120 Å². The minimum atomic E-state index is -0.443. The van der Waals surface area contributed by atoms with Crippen molar-refractivity contribution in [1.82, 2.24) is 0 Å². The quantitative estimate of drug-likeness (QED) is 0.919.